The van der Waals surface area contributed by atoms with Crippen LogP contribution in [-0.4, -0.2) is 14.6 Å². The molecule has 0 saturated carbocycles. The second kappa shape index (κ2) is 4.65. The largest absolute Gasteiger partial charge is 0.796 e. The molecule has 74 valence electrons. The van der Waals surface area contributed by atoms with E-state index in [-0.39, 0.29) is 5.75 Å². The third kappa shape index (κ3) is 2.48. The van der Waals surface area contributed by atoms with E-state index >= 15 is 0 Å². The van der Waals surface area contributed by atoms with E-state index in [4.69, 9.17) is 4.74 Å². The number of hydrogen-bond acceptors (Lipinski definition) is 2. The molecule has 0 unspecified atom stereocenters. The van der Waals surface area contributed by atoms with Gasteiger partial charge in [0.2, 0.25) is 0 Å². The van der Waals surface area contributed by atoms with Gasteiger partial charge < -0.3 is 9.39 Å². The zero-order valence-corrected chi connectivity index (χ0v) is 7.67. The van der Waals surface area contributed by atoms with E-state index in [1.807, 2.05) is 0 Å². The van der Waals surface area contributed by atoms with Gasteiger partial charge in [0.25, 0.3) is 0 Å². The van der Waals surface area contributed by atoms with Crippen LogP contribution in [0.15, 0.2) is 24.8 Å². The lowest BCUT2D eigenvalue weighted by Gasteiger charge is -2.08. The van der Waals surface area contributed by atoms with Crippen LogP contribution in [0.4, 0.5) is 8.63 Å². The highest BCUT2D eigenvalue weighted by atomic mass is 19.2. The molecule has 0 saturated heterocycles. The molecule has 0 fully saturated rings. The minimum absolute atomic E-state index is 0.0642. The maximum atomic E-state index is 12.0. The normalized spacial score (nSPS) is 9.36. The lowest BCUT2D eigenvalue weighted by molar-refractivity contribution is 0.402. The molecule has 0 atom stereocenters. The molecule has 0 heterocycles. The molecule has 0 radical (unpaired) electrons. The van der Waals surface area contributed by atoms with Crippen molar-refractivity contribution in [2.24, 2.45) is 0 Å². The predicted octanol–water partition coefficient (Wildman–Crippen LogP) is 2.64. The molecule has 0 spiro atoms. The molecular weight excluding hydrogens is 189 g/mol. The van der Waals surface area contributed by atoms with Gasteiger partial charge >= 0.3 is 7.47 Å². The van der Waals surface area contributed by atoms with E-state index in [1.54, 1.807) is 12.1 Å². The zero-order valence-electron chi connectivity index (χ0n) is 7.67. The molecule has 14 heavy (non-hydrogen) atoms. The topological polar surface area (TPSA) is 18.5 Å². The first-order chi connectivity index (χ1) is 6.67. The van der Waals surface area contributed by atoms with Gasteiger partial charge in [-0.1, -0.05) is 12.7 Å². The first kappa shape index (κ1) is 10.6. The molecule has 1 rings (SSSR count). The molecular formula is C9H9BF2O2. The summed E-state index contributed by atoms with van der Waals surface area (Å²) in [7, 11) is -1.39. The van der Waals surface area contributed by atoms with E-state index in [9.17, 15) is 8.63 Å². The summed E-state index contributed by atoms with van der Waals surface area (Å²) in [5.74, 6) is 0.528. The van der Waals surface area contributed by atoms with Crippen molar-refractivity contribution >= 4 is 13.5 Å². The molecule has 0 aliphatic heterocycles. The number of rotatable bonds is 4. The molecule has 0 N–H and O–H groups in total. The van der Waals surface area contributed by atoms with Crippen molar-refractivity contribution in [2.75, 3.05) is 7.11 Å². The van der Waals surface area contributed by atoms with E-state index in [0.29, 0.717) is 11.3 Å². The van der Waals surface area contributed by atoms with Gasteiger partial charge in [-0.25, -0.2) is 8.63 Å². The summed E-state index contributed by atoms with van der Waals surface area (Å²) in [6.07, 6.45) is 1.44. The Kier molecular flexibility index (Phi) is 3.51. The minimum Gasteiger partial charge on any atom is -0.505 e. The molecule has 0 aliphatic carbocycles. The summed E-state index contributed by atoms with van der Waals surface area (Å²) in [6, 6.07) is 4.64. The van der Waals surface area contributed by atoms with Crippen molar-refractivity contribution < 1.29 is 18.0 Å². The second-order valence-electron chi connectivity index (χ2n) is 2.49. The van der Waals surface area contributed by atoms with E-state index in [2.05, 4.69) is 11.2 Å². The number of hydrogen-bond donors (Lipinski definition) is 0. The van der Waals surface area contributed by atoms with Crippen molar-refractivity contribution in [1.29, 1.82) is 0 Å². The van der Waals surface area contributed by atoms with E-state index < -0.39 is 7.47 Å². The maximum absolute atomic E-state index is 12.0. The fourth-order valence-electron chi connectivity index (χ4n) is 1.01. The van der Waals surface area contributed by atoms with Crippen molar-refractivity contribution in [3.05, 3.63) is 30.3 Å². The average Bonchev–Trinajstić information content (AvgIpc) is 2.16. The number of methoxy groups -OCH3 is 1. The highest BCUT2D eigenvalue weighted by Gasteiger charge is 2.19. The summed E-state index contributed by atoms with van der Waals surface area (Å²) in [4.78, 5) is 0. The van der Waals surface area contributed by atoms with Crippen LogP contribution in [-0.2, 0) is 0 Å². The lowest BCUT2D eigenvalue weighted by Crippen LogP contribution is -2.09. The van der Waals surface area contributed by atoms with Gasteiger partial charge in [-0.2, -0.15) is 0 Å². The Morgan fingerprint density at radius 3 is 2.64 bits per heavy atom. The van der Waals surface area contributed by atoms with E-state index in [0.717, 1.165) is 0 Å². The third-order valence-corrected chi connectivity index (χ3v) is 1.66. The Labute approximate surface area is 81.4 Å². The standard InChI is InChI=1S/C9H9BF2O2/c1-3-7-4-5-8(13-2)6-9(7)14-10(11)12/h3-6H,1H2,2H3. The quantitative estimate of drug-likeness (QED) is 0.692. The van der Waals surface area contributed by atoms with Crippen LogP contribution in [0.2, 0.25) is 0 Å². The average molecular weight is 198 g/mol. The van der Waals surface area contributed by atoms with Gasteiger partial charge in [0, 0.05) is 11.6 Å². The van der Waals surface area contributed by atoms with Gasteiger partial charge in [0.15, 0.2) is 0 Å². The predicted molar refractivity (Wildman–Crippen MR) is 51.7 cm³/mol. The molecule has 0 aromatic heterocycles. The first-order valence-corrected chi connectivity index (χ1v) is 3.92. The SMILES string of the molecule is C=Cc1ccc(OC)cc1OB(F)F. The van der Waals surface area contributed by atoms with E-state index in [1.165, 1.54) is 19.3 Å². The smallest absolute Gasteiger partial charge is 0.505 e. The second-order valence-corrected chi connectivity index (χ2v) is 2.49. The van der Waals surface area contributed by atoms with Gasteiger partial charge in [-0.3, -0.25) is 0 Å². The Hall–Kier alpha value is -1.52. The van der Waals surface area contributed by atoms with Crippen LogP contribution in [0.1, 0.15) is 5.56 Å². The van der Waals surface area contributed by atoms with Crippen LogP contribution >= 0.6 is 0 Å². The Balaban J connectivity index is 3.01. The summed E-state index contributed by atoms with van der Waals surface area (Å²) < 4.78 is 33.1. The molecule has 0 amide bonds. The Bertz CT molecular complexity index is 329. The van der Waals surface area contributed by atoms with Gasteiger partial charge in [0.05, 0.1) is 7.11 Å². The first-order valence-electron chi connectivity index (χ1n) is 3.92. The molecule has 0 bridgehead atoms. The number of benzene rings is 1. The molecule has 1 aromatic carbocycles. The number of ether oxygens (including phenoxy) is 1. The van der Waals surface area contributed by atoms with Crippen LogP contribution < -0.4 is 9.39 Å². The molecule has 1 aromatic rings. The maximum Gasteiger partial charge on any atom is 0.796 e. The van der Waals surface area contributed by atoms with Gasteiger partial charge in [0.1, 0.15) is 11.5 Å². The van der Waals surface area contributed by atoms with Crippen molar-refractivity contribution in [3.8, 4) is 11.5 Å². The van der Waals surface area contributed by atoms with Crippen molar-refractivity contribution in [2.45, 2.75) is 0 Å². The van der Waals surface area contributed by atoms with Gasteiger partial charge in [-0.05, 0) is 12.1 Å². The summed E-state index contributed by atoms with van der Waals surface area (Å²) >= 11 is 0. The highest BCUT2D eigenvalue weighted by Crippen LogP contribution is 2.26. The van der Waals surface area contributed by atoms with Crippen LogP contribution in [0.25, 0.3) is 6.08 Å². The Morgan fingerprint density at radius 1 is 1.43 bits per heavy atom. The monoisotopic (exact) mass is 198 g/mol. The fourth-order valence-corrected chi connectivity index (χ4v) is 1.01. The summed E-state index contributed by atoms with van der Waals surface area (Å²) in [5, 5.41) is 0. The summed E-state index contributed by atoms with van der Waals surface area (Å²) in [5.41, 5.74) is 0.506. The minimum atomic E-state index is -2.85. The van der Waals surface area contributed by atoms with Crippen LogP contribution in [0.3, 0.4) is 0 Å². The summed E-state index contributed by atoms with van der Waals surface area (Å²) in [6.45, 7) is 3.49. The van der Waals surface area contributed by atoms with Crippen molar-refractivity contribution in [3.63, 3.8) is 0 Å². The molecule has 0 aliphatic rings. The fraction of sp³-hybridized carbons (Fsp3) is 0.111. The zero-order chi connectivity index (χ0) is 10.6. The Morgan fingerprint density at radius 2 is 2.14 bits per heavy atom. The van der Waals surface area contributed by atoms with Crippen molar-refractivity contribution in [1.82, 2.24) is 0 Å². The molecule has 2 nitrogen and oxygen atoms in total. The number of halogens is 2. The van der Waals surface area contributed by atoms with Gasteiger partial charge in [-0.15, -0.1) is 0 Å². The van der Waals surface area contributed by atoms with Crippen LogP contribution in [0.5, 0.6) is 11.5 Å². The lowest BCUT2D eigenvalue weighted by atomic mass is 10.2. The van der Waals surface area contributed by atoms with Crippen LogP contribution in [0, 0.1) is 0 Å². The third-order valence-electron chi connectivity index (χ3n) is 1.66. The highest BCUT2D eigenvalue weighted by molar-refractivity contribution is 6.35. The molecule has 5 heteroatoms.